The van der Waals surface area contributed by atoms with Crippen LogP contribution in [-0.2, 0) is 0 Å². The zero-order chi connectivity index (χ0) is 14.4. The number of hydrogen-bond donors (Lipinski definition) is 1. The van der Waals surface area contributed by atoms with Crippen LogP contribution in [0.5, 0.6) is 0 Å². The number of hydrogen-bond acceptors (Lipinski definition) is 3. The fourth-order valence-corrected chi connectivity index (χ4v) is 2.02. The summed E-state index contributed by atoms with van der Waals surface area (Å²) in [6.45, 7) is 6.44. The molecule has 0 saturated carbocycles. The lowest BCUT2D eigenvalue weighted by atomic mass is 10.1. The fourth-order valence-electron chi connectivity index (χ4n) is 2.02. The Hall–Kier alpha value is -1.55. The van der Waals surface area contributed by atoms with E-state index in [1.165, 1.54) is 0 Å². The van der Waals surface area contributed by atoms with Crippen molar-refractivity contribution >= 4 is 11.6 Å². The monoisotopic (exact) mass is 263 g/mol. The van der Waals surface area contributed by atoms with Crippen LogP contribution in [0, 0.1) is 6.92 Å². The standard InChI is InChI=1S/C15H25N3O/c1-5-18(10-6-9-17(3)4)15(19)14-11-13(16)8-7-12(14)2/h7-8,11H,5-6,9-10,16H2,1-4H3. The number of carbonyl (C=O) groups excluding carboxylic acids is 1. The van der Waals surface area contributed by atoms with Gasteiger partial charge in [-0.3, -0.25) is 4.79 Å². The van der Waals surface area contributed by atoms with E-state index in [2.05, 4.69) is 4.90 Å². The van der Waals surface area contributed by atoms with Crippen LogP contribution in [0.4, 0.5) is 5.69 Å². The van der Waals surface area contributed by atoms with Gasteiger partial charge in [0.2, 0.25) is 0 Å². The molecule has 1 aromatic carbocycles. The number of carbonyl (C=O) groups is 1. The smallest absolute Gasteiger partial charge is 0.254 e. The van der Waals surface area contributed by atoms with Crippen molar-refractivity contribution < 1.29 is 4.79 Å². The van der Waals surface area contributed by atoms with Crippen LogP contribution in [0.15, 0.2) is 18.2 Å². The molecule has 19 heavy (non-hydrogen) atoms. The molecule has 0 unspecified atom stereocenters. The lowest BCUT2D eigenvalue weighted by molar-refractivity contribution is 0.0758. The topological polar surface area (TPSA) is 49.6 Å². The molecule has 4 heteroatoms. The summed E-state index contributed by atoms with van der Waals surface area (Å²) in [5.74, 6) is 0.0751. The molecule has 4 nitrogen and oxygen atoms in total. The van der Waals surface area contributed by atoms with E-state index in [1.807, 2.05) is 45.0 Å². The third kappa shape index (κ3) is 4.56. The summed E-state index contributed by atoms with van der Waals surface area (Å²) >= 11 is 0. The van der Waals surface area contributed by atoms with E-state index in [-0.39, 0.29) is 5.91 Å². The number of nitrogens with two attached hydrogens (primary N) is 1. The van der Waals surface area contributed by atoms with Gasteiger partial charge in [0.1, 0.15) is 0 Å². The Morgan fingerprint density at radius 3 is 2.53 bits per heavy atom. The molecule has 0 spiro atoms. The Labute approximate surface area is 116 Å². The first-order valence-electron chi connectivity index (χ1n) is 6.75. The lowest BCUT2D eigenvalue weighted by Gasteiger charge is -2.23. The zero-order valence-corrected chi connectivity index (χ0v) is 12.4. The maximum atomic E-state index is 12.5. The van der Waals surface area contributed by atoms with E-state index in [1.54, 1.807) is 6.07 Å². The molecule has 0 heterocycles. The Morgan fingerprint density at radius 1 is 1.26 bits per heavy atom. The Balaban J connectivity index is 2.75. The summed E-state index contributed by atoms with van der Waals surface area (Å²) < 4.78 is 0. The maximum Gasteiger partial charge on any atom is 0.254 e. The van der Waals surface area contributed by atoms with Crippen molar-refractivity contribution in [2.24, 2.45) is 0 Å². The molecule has 0 aliphatic rings. The summed E-state index contributed by atoms with van der Waals surface area (Å²) in [6.07, 6.45) is 0.980. The summed E-state index contributed by atoms with van der Waals surface area (Å²) in [6, 6.07) is 5.50. The Morgan fingerprint density at radius 2 is 1.95 bits per heavy atom. The van der Waals surface area contributed by atoms with Crippen LogP contribution < -0.4 is 5.73 Å². The largest absolute Gasteiger partial charge is 0.399 e. The third-order valence-corrected chi connectivity index (χ3v) is 3.19. The first-order chi connectivity index (χ1) is 8.95. The lowest BCUT2D eigenvalue weighted by Crippen LogP contribution is -2.33. The van der Waals surface area contributed by atoms with E-state index in [0.717, 1.165) is 31.6 Å². The normalized spacial score (nSPS) is 10.8. The molecule has 0 aliphatic heterocycles. The van der Waals surface area contributed by atoms with Crippen LogP contribution in [-0.4, -0.2) is 49.4 Å². The third-order valence-electron chi connectivity index (χ3n) is 3.19. The molecule has 0 fully saturated rings. The molecule has 0 aromatic heterocycles. The van der Waals surface area contributed by atoms with Crippen LogP contribution in [0.1, 0.15) is 29.3 Å². The number of nitrogens with zero attached hydrogens (tertiary/aromatic N) is 2. The van der Waals surface area contributed by atoms with Crippen molar-refractivity contribution in [1.29, 1.82) is 0 Å². The molecule has 1 aromatic rings. The molecular formula is C15H25N3O. The van der Waals surface area contributed by atoms with E-state index in [9.17, 15) is 4.79 Å². The average Bonchev–Trinajstić information content (AvgIpc) is 2.36. The van der Waals surface area contributed by atoms with Gasteiger partial charge in [-0.2, -0.15) is 0 Å². The van der Waals surface area contributed by atoms with Gasteiger partial charge >= 0.3 is 0 Å². The summed E-state index contributed by atoms with van der Waals surface area (Å²) in [7, 11) is 4.08. The van der Waals surface area contributed by atoms with Crippen molar-refractivity contribution in [3.63, 3.8) is 0 Å². The zero-order valence-electron chi connectivity index (χ0n) is 12.4. The van der Waals surface area contributed by atoms with Crippen molar-refractivity contribution in [3.05, 3.63) is 29.3 Å². The van der Waals surface area contributed by atoms with Crippen molar-refractivity contribution in [2.45, 2.75) is 20.3 Å². The number of nitrogen functional groups attached to an aromatic ring is 1. The first kappa shape index (κ1) is 15.5. The molecule has 1 rings (SSSR count). The molecule has 2 N–H and O–H groups in total. The predicted molar refractivity (Wildman–Crippen MR) is 80.3 cm³/mol. The van der Waals surface area contributed by atoms with Gasteiger partial charge in [-0.25, -0.2) is 0 Å². The van der Waals surface area contributed by atoms with Gasteiger partial charge in [0.15, 0.2) is 0 Å². The van der Waals surface area contributed by atoms with Gasteiger partial charge < -0.3 is 15.5 Å². The SMILES string of the molecule is CCN(CCCN(C)C)C(=O)c1cc(N)ccc1C. The van der Waals surface area contributed by atoms with Gasteiger partial charge in [-0.15, -0.1) is 0 Å². The average molecular weight is 263 g/mol. The molecule has 0 atom stereocenters. The van der Waals surface area contributed by atoms with Gasteiger partial charge in [0.25, 0.3) is 5.91 Å². The summed E-state index contributed by atoms with van der Waals surface area (Å²) in [4.78, 5) is 16.5. The van der Waals surface area contributed by atoms with E-state index in [4.69, 9.17) is 5.73 Å². The van der Waals surface area contributed by atoms with E-state index in [0.29, 0.717) is 11.3 Å². The highest BCUT2D eigenvalue weighted by Gasteiger charge is 2.16. The van der Waals surface area contributed by atoms with Gasteiger partial charge in [-0.1, -0.05) is 6.07 Å². The second-order valence-corrected chi connectivity index (χ2v) is 5.12. The minimum atomic E-state index is 0.0751. The molecule has 1 amide bonds. The Bertz CT molecular complexity index is 429. The quantitative estimate of drug-likeness (QED) is 0.799. The van der Waals surface area contributed by atoms with Crippen LogP contribution >= 0.6 is 0 Å². The van der Waals surface area contributed by atoms with Crippen molar-refractivity contribution in [1.82, 2.24) is 9.80 Å². The summed E-state index contributed by atoms with van der Waals surface area (Å²) in [5.41, 5.74) is 8.10. The second kappa shape index (κ2) is 7.14. The second-order valence-electron chi connectivity index (χ2n) is 5.12. The predicted octanol–water partition coefficient (Wildman–Crippen LogP) is 1.99. The highest BCUT2D eigenvalue weighted by molar-refractivity contribution is 5.96. The van der Waals surface area contributed by atoms with Crippen molar-refractivity contribution in [2.75, 3.05) is 39.5 Å². The molecule has 106 valence electrons. The highest BCUT2D eigenvalue weighted by atomic mass is 16.2. The van der Waals surface area contributed by atoms with E-state index >= 15 is 0 Å². The molecule has 0 aliphatic carbocycles. The van der Waals surface area contributed by atoms with Crippen LogP contribution in [0.3, 0.4) is 0 Å². The number of rotatable bonds is 6. The minimum Gasteiger partial charge on any atom is -0.399 e. The molecule has 0 saturated heterocycles. The van der Waals surface area contributed by atoms with Gasteiger partial charge in [-0.05, 0) is 58.6 Å². The number of anilines is 1. The molecular weight excluding hydrogens is 238 g/mol. The summed E-state index contributed by atoms with van der Waals surface area (Å²) in [5, 5.41) is 0. The van der Waals surface area contributed by atoms with Crippen LogP contribution in [0.25, 0.3) is 0 Å². The van der Waals surface area contributed by atoms with Gasteiger partial charge in [0, 0.05) is 24.3 Å². The first-order valence-corrected chi connectivity index (χ1v) is 6.75. The maximum absolute atomic E-state index is 12.5. The minimum absolute atomic E-state index is 0.0751. The van der Waals surface area contributed by atoms with Crippen LogP contribution in [0.2, 0.25) is 0 Å². The Kier molecular flexibility index (Phi) is 5.83. The van der Waals surface area contributed by atoms with E-state index < -0.39 is 0 Å². The number of amides is 1. The number of benzene rings is 1. The molecule has 0 bridgehead atoms. The number of aryl methyl sites for hydroxylation is 1. The molecule has 0 radical (unpaired) electrons. The van der Waals surface area contributed by atoms with Crippen molar-refractivity contribution in [3.8, 4) is 0 Å². The highest BCUT2D eigenvalue weighted by Crippen LogP contribution is 2.15. The fraction of sp³-hybridized carbons (Fsp3) is 0.533. The van der Waals surface area contributed by atoms with Gasteiger partial charge in [0.05, 0.1) is 0 Å².